The number of ether oxygens (including phenoxy) is 2. The second-order valence-electron chi connectivity index (χ2n) is 7.07. The van der Waals surface area contributed by atoms with E-state index in [-0.39, 0.29) is 24.1 Å². The lowest BCUT2D eigenvalue weighted by atomic mass is 10.1. The van der Waals surface area contributed by atoms with Crippen molar-refractivity contribution in [2.45, 2.75) is 25.9 Å². The molecule has 1 aliphatic rings. The fraction of sp³-hybridized carbons (Fsp3) is 0.261. The number of rotatable bonds is 8. The van der Waals surface area contributed by atoms with E-state index in [2.05, 4.69) is 10.3 Å². The highest BCUT2D eigenvalue weighted by atomic mass is 35.5. The van der Waals surface area contributed by atoms with Crippen LogP contribution in [0.1, 0.15) is 24.0 Å². The van der Waals surface area contributed by atoms with Gasteiger partial charge in [-0.15, -0.1) is 0 Å². The third kappa shape index (κ3) is 5.90. The maximum atomic E-state index is 14.5. The van der Waals surface area contributed by atoms with Crippen LogP contribution in [0.2, 0.25) is 5.15 Å². The van der Waals surface area contributed by atoms with Crippen molar-refractivity contribution in [2.75, 3.05) is 18.5 Å². The molecule has 0 fully saturated rings. The highest BCUT2D eigenvalue weighted by Gasteiger charge is 2.25. The summed E-state index contributed by atoms with van der Waals surface area (Å²) in [6.45, 7) is 1.77. The van der Waals surface area contributed by atoms with Crippen LogP contribution >= 0.6 is 11.6 Å². The zero-order valence-corrected chi connectivity index (χ0v) is 18.0. The zero-order chi connectivity index (χ0) is 23.1. The number of hydrogen-bond acceptors (Lipinski definition) is 5. The fourth-order valence-corrected chi connectivity index (χ4v) is 3.11. The summed E-state index contributed by atoms with van der Waals surface area (Å²) in [5.41, 5.74) is 1.16. The number of aryl methyl sites for hydroxylation is 1. The summed E-state index contributed by atoms with van der Waals surface area (Å²) in [5, 5.41) is 11.6. The van der Waals surface area contributed by atoms with Crippen molar-refractivity contribution in [3.8, 4) is 11.8 Å². The first-order valence-corrected chi connectivity index (χ1v) is 10.2. The molecule has 6 nitrogen and oxygen atoms in total. The Labute approximate surface area is 189 Å². The molecule has 166 valence electrons. The molecule has 2 aromatic rings. The van der Waals surface area contributed by atoms with Gasteiger partial charge in [-0.1, -0.05) is 29.8 Å². The first-order valence-electron chi connectivity index (χ1n) is 9.80. The average Bonchev–Trinajstić information content (AvgIpc) is 2.78. The quantitative estimate of drug-likeness (QED) is 0.569. The first-order chi connectivity index (χ1) is 15.4. The minimum atomic E-state index is -1.31. The Morgan fingerprint density at radius 1 is 1.38 bits per heavy atom. The van der Waals surface area contributed by atoms with Crippen LogP contribution in [-0.4, -0.2) is 30.2 Å². The lowest BCUT2D eigenvalue weighted by Crippen LogP contribution is -2.37. The SMILES string of the molecule is Cc1cnc(Cl)c(NC(=O)C(COCC2=CCCC=C2)Oc2ccc(F)c(C#N)c2F)c1. The van der Waals surface area contributed by atoms with E-state index >= 15 is 0 Å². The van der Waals surface area contributed by atoms with Gasteiger partial charge in [0.2, 0.25) is 6.10 Å². The summed E-state index contributed by atoms with van der Waals surface area (Å²) in [7, 11) is 0. The number of hydrogen-bond donors (Lipinski definition) is 1. The minimum absolute atomic E-state index is 0.0702. The number of allylic oxidation sites excluding steroid dienone is 2. The number of carbonyl (C=O) groups is 1. The van der Waals surface area contributed by atoms with Gasteiger partial charge in [-0.05, 0) is 49.1 Å². The lowest BCUT2D eigenvalue weighted by Gasteiger charge is -2.20. The van der Waals surface area contributed by atoms with Gasteiger partial charge in [0.05, 0.1) is 18.9 Å². The predicted molar refractivity (Wildman–Crippen MR) is 115 cm³/mol. The van der Waals surface area contributed by atoms with Gasteiger partial charge in [-0.3, -0.25) is 4.79 Å². The third-order valence-corrected chi connectivity index (χ3v) is 4.87. The lowest BCUT2D eigenvalue weighted by molar-refractivity contribution is -0.125. The molecule has 32 heavy (non-hydrogen) atoms. The Morgan fingerprint density at radius 3 is 2.91 bits per heavy atom. The summed E-state index contributed by atoms with van der Waals surface area (Å²) in [5.74, 6) is -3.34. The van der Waals surface area contributed by atoms with Gasteiger partial charge in [-0.2, -0.15) is 5.26 Å². The van der Waals surface area contributed by atoms with E-state index in [1.165, 1.54) is 12.3 Å². The number of amides is 1. The molecule has 3 rings (SSSR count). The number of halogens is 3. The molecule has 1 aliphatic carbocycles. The monoisotopic (exact) mass is 459 g/mol. The van der Waals surface area contributed by atoms with Crippen LogP contribution < -0.4 is 10.1 Å². The van der Waals surface area contributed by atoms with Gasteiger partial charge in [0.25, 0.3) is 5.91 Å². The van der Waals surface area contributed by atoms with Crippen molar-refractivity contribution in [3.05, 3.63) is 76.1 Å². The number of nitrogens with zero attached hydrogens (tertiary/aromatic N) is 2. The normalized spacial score (nSPS) is 13.8. The average molecular weight is 460 g/mol. The molecule has 1 unspecified atom stereocenters. The summed E-state index contributed by atoms with van der Waals surface area (Å²) >= 11 is 6.04. The van der Waals surface area contributed by atoms with Gasteiger partial charge in [-0.25, -0.2) is 13.8 Å². The van der Waals surface area contributed by atoms with Crippen molar-refractivity contribution in [2.24, 2.45) is 0 Å². The van der Waals surface area contributed by atoms with Gasteiger partial charge < -0.3 is 14.8 Å². The largest absolute Gasteiger partial charge is 0.475 e. The van der Waals surface area contributed by atoms with Crippen LogP contribution in [0.5, 0.6) is 5.75 Å². The fourth-order valence-electron chi connectivity index (χ4n) is 2.96. The van der Waals surface area contributed by atoms with Crippen molar-refractivity contribution >= 4 is 23.2 Å². The van der Waals surface area contributed by atoms with E-state index in [9.17, 15) is 13.6 Å². The van der Waals surface area contributed by atoms with E-state index in [1.54, 1.807) is 13.0 Å². The van der Waals surface area contributed by atoms with Crippen LogP contribution in [0.25, 0.3) is 0 Å². The van der Waals surface area contributed by atoms with E-state index in [0.29, 0.717) is 0 Å². The van der Waals surface area contributed by atoms with Crippen molar-refractivity contribution in [1.29, 1.82) is 5.26 Å². The van der Waals surface area contributed by atoms with E-state index < -0.39 is 35.0 Å². The standard InChI is InChI=1S/C23H20ClF2N3O3/c1-14-9-18(22(24)28-11-14)29-23(30)20(13-31-12-15-5-3-2-4-6-15)32-19-8-7-17(25)16(10-27)21(19)26/h3,5-9,11,20H,2,4,12-13H2,1H3,(H,29,30). The zero-order valence-electron chi connectivity index (χ0n) is 17.2. The molecule has 0 saturated carbocycles. The van der Waals surface area contributed by atoms with Gasteiger partial charge in [0.1, 0.15) is 17.4 Å². The number of aromatic nitrogens is 1. The molecular weight excluding hydrogens is 440 g/mol. The Balaban J connectivity index is 1.79. The maximum absolute atomic E-state index is 14.5. The molecule has 0 bridgehead atoms. The Morgan fingerprint density at radius 2 is 2.19 bits per heavy atom. The van der Waals surface area contributed by atoms with Crippen LogP contribution in [0.4, 0.5) is 14.5 Å². The Kier molecular flexibility index (Phi) is 7.92. The molecule has 1 N–H and O–H groups in total. The van der Waals surface area contributed by atoms with Crippen molar-refractivity contribution in [1.82, 2.24) is 4.98 Å². The molecule has 0 spiro atoms. The third-order valence-electron chi connectivity index (χ3n) is 4.57. The molecule has 1 aromatic heterocycles. The molecule has 1 heterocycles. The molecule has 1 aromatic carbocycles. The van der Waals surface area contributed by atoms with Crippen LogP contribution in [0.15, 0.2) is 48.2 Å². The van der Waals surface area contributed by atoms with Crippen LogP contribution in [0.3, 0.4) is 0 Å². The molecular formula is C23H20ClF2N3O3. The summed E-state index contributed by atoms with van der Waals surface area (Å²) < 4.78 is 39.3. The number of carbonyl (C=O) groups excluding carboxylic acids is 1. The predicted octanol–water partition coefficient (Wildman–Crippen LogP) is 4.87. The second kappa shape index (κ2) is 10.8. The number of nitrogens with one attached hydrogen (secondary N) is 1. The number of pyridine rings is 1. The molecule has 1 atom stereocenters. The highest BCUT2D eigenvalue weighted by Crippen LogP contribution is 2.25. The molecule has 0 radical (unpaired) electrons. The van der Waals surface area contributed by atoms with Gasteiger partial charge >= 0.3 is 0 Å². The van der Waals surface area contributed by atoms with Crippen LogP contribution in [0, 0.1) is 29.9 Å². The summed E-state index contributed by atoms with van der Waals surface area (Å²) in [6.07, 6.45) is 8.04. The first kappa shape index (κ1) is 23.4. The number of anilines is 1. The smallest absolute Gasteiger partial charge is 0.267 e. The molecule has 9 heteroatoms. The summed E-state index contributed by atoms with van der Waals surface area (Å²) in [6, 6.07) is 4.97. The van der Waals surface area contributed by atoms with E-state index in [1.807, 2.05) is 18.2 Å². The molecule has 0 saturated heterocycles. The molecule has 0 aliphatic heterocycles. The van der Waals surface area contributed by atoms with Gasteiger partial charge in [0, 0.05) is 6.20 Å². The maximum Gasteiger partial charge on any atom is 0.267 e. The van der Waals surface area contributed by atoms with E-state index in [4.69, 9.17) is 26.3 Å². The van der Waals surface area contributed by atoms with Gasteiger partial charge in [0.15, 0.2) is 16.7 Å². The Bertz CT molecular complexity index is 1110. The molecule has 1 amide bonds. The highest BCUT2D eigenvalue weighted by molar-refractivity contribution is 6.32. The van der Waals surface area contributed by atoms with Crippen molar-refractivity contribution in [3.63, 3.8) is 0 Å². The van der Waals surface area contributed by atoms with E-state index in [0.717, 1.165) is 36.1 Å². The number of nitriles is 1. The Hall–Kier alpha value is -3.28. The topological polar surface area (TPSA) is 84.2 Å². The second-order valence-corrected chi connectivity index (χ2v) is 7.42. The summed E-state index contributed by atoms with van der Waals surface area (Å²) in [4.78, 5) is 16.9. The minimum Gasteiger partial charge on any atom is -0.475 e. The van der Waals surface area contributed by atoms with Crippen LogP contribution in [-0.2, 0) is 9.53 Å². The number of benzene rings is 1. The van der Waals surface area contributed by atoms with Crippen molar-refractivity contribution < 1.29 is 23.0 Å².